The Bertz CT molecular complexity index is 701. The summed E-state index contributed by atoms with van der Waals surface area (Å²) >= 11 is 0. The van der Waals surface area contributed by atoms with Crippen molar-refractivity contribution in [3.63, 3.8) is 0 Å². The van der Waals surface area contributed by atoms with Gasteiger partial charge in [-0.1, -0.05) is 30.3 Å². The zero-order chi connectivity index (χ0) is 15.5. The lowest BCUT2D eigenvalue weighted by molar-refractivity contribution is -0.573. The Balaban J connectivity index is 1.85. The first kappa shape index (κ1) is 14.1. The minimum absolute atomic E-state index is 0.0878. The molecule has 22 heavy (non-hydrogen) atoms. The molecule has 0 amide bonds. The van der Waals surface area contributed by atoms with Crippen molar-refractivity contribution in [3.05, 3.63) is 70.3 Å². The fraction of sp³-hybridized carbons (Fsp3) is 0.188. The fourth-order valence-corrected chi connectivity index (χ4v) is 2.35. The lowest BCUT2D eigenvalue weighted by Gasteiger charge is -2.26. The molecule has 0 bridgehead atoms. The largest absolute Gasteiger partial charge is 0.478 e. The topological polar surface area (TPSA) is 78.7 Å². The van der Waals surface area contributed by atoms with Crippen LogP contribution in [0.1, 0.15) is 16.8 Å². The maximum absolute atomic E-state index is 12.1. The Kier molecular flexibility index (Phi) is 3.74. The Morgan fingerprint density at radius 2 is 1.82 bits per heavy atom. The Hall–Kier alpha value is -2.89. The minimum Gasteiger partial charge on any atom is -0.478 e. The molecule has 0 radical (unpaired) electrons. The Morgan fingerprint density at radius 1 is 1.14 bits per heavy atom. The maximum atomic E-state index is 12.1. The van der Waals surface area contributed by atoms with Gasteiger partial charge in [-0.05, 0) is 24.3 Å². The van der Waals surface area contributed by atoms with Crippen LogP contribution in [0.4, 0.5) is 0 Å². The summed E-state index contributed by atoms with van der Waals surface area (Å²) in [6.45, 7) is 0. The van der Waals surface area contributed by atoms with E-state index >= 15 is 0 Å². The van der Waals surface area contributed by atoms with Gasteiger partial charge in [0.2, 0.25) is 6.10 Å². The van der Waals surface area contributed by atoms with E-state index in [4.69, 9.17) is 9.47 Å². The van der Waals surface area contributed by atoms with Crippen LogP contribution < -0.4 is 9.47 Å². The highest BCUT2D eigenvalue weighted by molar-refractivity contribution is 5.99. The number of nitrogens with zero attached hydrogens (tertiary/aromatic N) is 1. The molecule has 3 rings (SSSR count). The number of hydrogen-bond acceptors (Lipinski definition) is 5. The summed E-state index contributed by atoms with van der Waals surface area (Å²) in [5, 5.41) is 11.3. The van der Waals surface area contributed by atoms with Gasteiger partial charge in [-0.2, -0.15) is 0 Å². The van der Waals surface area contributed by atoms with Crippen molar-refractivity contribution >= 4 is 5.78 Å². The molecule has 0 spiro atoms. The van der Waals surface area contributed by atoms with E-state index in [0.717, 1.165) is 0 Å². The number of ketones is 1. The van der Waals surface area contributed by atoms with Crippen molar-refractivity contribution in [1.82, 2.24) is 0 Å². The molecule has 0 fully saturated rings. The van der Waals surface area contributed by atoms with Crippen molar-refractivity contribution in [2.45, 2.75) is 18.8 Å². The van der Waals surface area contributed by atoms with E-state index in [-0.39, 0.29) is 12.2 Å². The van der Waals surface area contributed by atoms with Gasteiger partial charge in [0.05, 0.1) is 16.9 Å². The smallest absolute Gasteiger partial charge is 0.391 e. The fourth-order valence-electron chi connectivity index (χ4n) is 2.35. The van der Waals surface area contributed by atoms with Crippen LogP contribution in [-0.4, -0.2) is 23.0 Å². The maximum Gasteiger partial charge on any atom is 0.391 e. The highest BCUT2D eigenvalue weighted by Crippen LogP contribution is 2.29. The lowest BCUT2D eigenvalue weighted by Crippen LogP contribution is -2.45. The normalized spacial score (nSPS) is 18.0. The molecule has 0 saturated carbocycles. The molecule has 112 valence electrons. The number of carbonyl (C=O) groups excluding carboxylic acids is 1. The molecule has 1 aliphatic rings. The van der Waals surface area contributed by atoms with E-state index in [2.05, 4.69) is 0 Å². The molecule has 2 unspecified atom stereocenters. The van der Waals surface area contributed by atoms with Crippen molar-refractivity contribution in [2.75, 3.05) is 0 Å². The molecule has 0 saturated heterocycles. The van der Waals surface area contributed by atoms with Gasteiger partial charge in [-0.15, -0.1) is 0 Å². The zero-order valence-corrected chi connectivity index (χ0v) is 11.5. The monoisotopic (exact) mass is 299 g/mol. The number of nitro groups is 1. The third-order valence-corrected chi connectivity index (χ3v) is 3.38. The van der Waals surface area contributed by atoms with Crippen LogP contribution in [0.5, 0.6) is 11.5 Å². The van der Waals surface area contributed by atoms with Crippen LogP contribution in [0.15, 0.2) is 54.6 Å². The van der Waals surface area contributed by atoms with Gasteiger partial charge in [0.25, 0.3) is 0 Å². The molecule has 1 aliphatic heterocycles. The third-order valence-electron chi connectivity index (χ3n) is 3.38. The summed E-state index contributed by atoms with van der Waals surface area (Å²) in [4.78, 5) is 22.9. The molecule has 2 aromatic rings. The summed E-state index contributed by atoms with van der Waals surface area (Å²) in [6.07, 6.45) is -2.49. The van der Waals surface area contributed by atoms with E-state index in [1.165, 1.54) is 0 Å². The third kappa shape index (κ3) is 2.76. The van der Waals surface area contributed by atoms with Gasteiger partial charge in [0.15, 0.2) is 5.78 Å². The zero-order valence-electron chi connectivity index (χ0n) is 11.5. The van der Waals surface area contributed by atoms with Crippen molar-refractivity contribution < 1.29 is 19.2 Å². The number of benzene rings is 2. The van der Waals surface area contributed by atoms with Gasteiger partial charge in [-0.25, -0.2) is 0 Å². The van der Waals surface area contributed by atoms with E-state index in [1.807, 2.05) is 0 Å². The highest BCUT2D eigenvalue weighted by Gasteiger charge is 2.41. The minimum atomic E-state index is -1.44. The number of hydrogen-bond donors (Lipinski definition) is 0. The molecular weight excluding hydrogens is 286 g/mol. The average Bonchev–Trinajstić information content (AvgIpc) is 2.53. The molecule has 0 aliphatic carbocycles. The summed E-state index contributed by atoms with van der Waals surface area (Å²) < 4.78 is 11.0. The van der Waals surface area contributed by atoms with Gasteiger partial charge in [0.1, 0.15) is 11.5 Å². The average molecular weight is 299 g/mol. The molecular formula is C16H13NO5. The standard InChI is InChI=1S/C16H13NO5/c18-13-10-15(22-14-9-5-4-8-12(13)14)16(17(19)20)21-11-6-2-1-3-7-11/h1-9,15-16H,10H2. The van der Waals surface area contributed by atoms with E-state index in [9.17, 15) is 14.9 Å². The summed E-state index contributed by atoms with van der Waals surface area (Å²) in [6, 6.07) is 15.2. The highest BCUT2D eigenvalue weighted by atomic mass is 16.7. The van der Waals surface area contributed by atoms with Crippen molar-refractivity contribution in [1.29, 1.82) is 0 Å². The van der Waals surface area contributed by atoms with Crippen LogP contribution in [0.3, 0.4) is 0 Å². The quantitative estimate of drug-likeness (QED) is 0.492. The SMILES string of the molecule is O=C1CC(C(Oc2ccccc2)[N+](=O)[O-])Oc2ccccc21. The van der Waals surface area contributed by atoms with E-state index in [0.29, 0.717) is 17.1 Å². The molecule has 1 heterocycles. The molecule has 2 aromatic carbocycles. The number of rotatable bonds is 4. The molecule has 0 N–H and O–H groups in total. The van der Waals surface area contributed by atoms with E-state index in [1.54, 1.807) is 54.6 Å². The Labute approximate surface area is 126 Å². The lowest BCUT2D eigenvalue weighted by atomic mass is 10.00. The van der Waals surface area contributed by atoms with Gasteiger partial charge >= 0.3 is 6.23 Å². The predicted molar refractivity (Wildman–Crippen MR) is 77.7 cm³/mol. The second-order valence-electron chi connectivity index (χ2n) is 4.89. The number of para-hydroxylation sites is 2. The van der Waals surface area contributed by atoms with Crippen molar-refractivity contribution in [2.24, 2.45) is 0 Å². The number of Topliss-reactive ketones (excluding diaryl/α,β-unsaturated/α-hetero) is 1. The Morgan fingerprint density at radius 3 is 2.55 bits per heavy atom. The molecule has 2 atom stereocenters. The first-order valence-electron chi connectivity index (χ1n) is 6.79. The van der Waals surface area contributed by atoms with Crippen molar-refractivity contribution in [3.8, 4) is 11.5 Å². The van der Waals surface area contributed by atoms with Gasteiger partial charge < -0.3 is 9.47 Å². The second kappa shape index (κ2) is 5.85. The van der Waals surface area contributed by atoms with Crippen LogP contribution in [0, 0.1) is 10.1 Å². The van der Waals surface area contributed by atoms with Gasteiger partial charge in [0, 0.05) is 0 Å². The number of fused-ring (bicyclic) bond motifs is 1. The summed E-state index contributed by atoms with van der Waals surface area (Å²) in [7, 11) is 0. The van der Waals surface area contributed by atoms with Crippen LogP contribution in [-0.2, 0) is 0 Å². The summed E-state index contributed by atoms with van der Waals surface area (Å²) in [5.74, 6) is 0.529. The summed E-state index contributed by atoms with van der Waals surface area (Å²) in [5.41, 5.74) is 0.445. The van der Waals surface area contributed by atoms with E-state index < -0.39 is 17.3 Å². The molecule has 6 heteroatoms. The van der Waals surface area contributed by atoms with Gasteiger partial charge in [-0.3, -0.25) is 14.9 Å². The molecule has 0 aromatic heterocycles. The molecule has 6 nitrogen and oxygen atoms in total. The van der Waals surface area contributed by atoms with Crippen LogP contribution in [0.25, 0.3) is 0 Å². The second-order valence-corrected chi connectivity index (χ2v) is 4.89. The number of ether oxygens (including phenoxy) is 2. The number of carbonyl (C=O) groups is 1. The first-order chi connectivity index (χ1) is 10.6. The van der Waals surface area contributed by atoms with Crippen LogP contribution in [0.2, 0.25) is 0 Å². The first-order valence-corrected chi connectivity index (χ1v) is 6.79. The van der Waals surface area contributed by atoms with Crippen LogP contribution >= 0.6 is 0 Å². The predicted octanol–water partition coefficient (Wildman–Crippen LogP) is 2.70.